The Morgan fingerprint density at radius 1 is 1.21 bits per heavy atom. The summed E-state index contributed by atoms with van der Waals surface area (Å²) >= 11 is 0. The third kappa shape index (κ3) is 1.18. The second-order valence-electron chi connectivity index (χ2n) is 7.33. The van der Waals surface area contributed by atoms with Crippen LogP contribution in [0.3, 0.4) is 0 Å². The minimum absolute atomic E-state index is 0.0252. The van der Waals surface area contributed by atoms with E-state index in [-0.39, 0.29) is 11.3 Å². The van der Waals surface area contributed by atoms with Crippen LogP contribution in [-0.4, -0.2) is 35.0 Å². The summed E-state index contributed by atoms with van der Waals surface area (Å²) in [6, 6.07) is 0. The molecule has 3 aliphatic rings. The first-order valence-electron chi connectivity index (χ1n) is 6.77. The smallest absolute Gasteiger partial charge is 0.147 e. The molecule has 2 saturated carbocycles. The van der Waals surface area contributed by atoms with E-state index < -0.39 is 23.0 Å². The third-order valence-electron chi connectivity index (χ3n) is 5.79. The lowest BCUT2D eigenvalue weighted by Crippen LogP contribution is -2.39. The number of aldehydes is 2. The molecule has 0 aromatic rings. The van der Waals surface area contributed by atoms with Crippen molar-refractivity contribution in [2.75, 3.05) is 0 Å². The van der Waals surface area contributed by atoms with Gasteiger partial charge < -0.3 is 15.0 Å². The fourth-order valence-corrected chi connectivity index (χ4v) is 4.64. The molecule has 0 aliphatic heterocycles. The maximum atomic E-state index is 11.5. The molecule has 19 heavy (non-hydrogen) atoms. The van der Waals surface area contributed by atoms with E-state index in [4.69, 9.17) is 0 Å². The van der Waals surface area contributed by atoms with Gasteiger partial charge in [0.25, 0.3) is 0 Å². The van der Waals surface area contributed by atoms with Gasteiger partial charge >= 0.3 is 0 Å². The highest BCUT2D eigenvalue weighted by Gasteiger charge is 2.82. The summed E-state index contributed by atoms with van der Waals surface area (Å²) in [6.45, 7) is 5.92. The molecule has 4 heteroatoms. The molecule has 2 fully saturated rings. The predicted octanol–water partition coefficient (Wildman–Crippen LogP) is 0.859. The highest BCUT2D eigenvalue weighted by molar-refractivity contribution is 5.92. The van der Waals surface area contributed by atoms with E-state index in [0.29, 0.717) is 18.3 Å². The summed E-state index contributed by atoms with van der Waals surface area (Å²) in [4.78, 5) is 23.0. The lowest BCUT2D eigenvalue weighted by molar-refractivity contribution is -0.116. The molecule has 104 valence electrons. The molecule has 0 aromatic carbocycles. The van der Waals surface area contributed by atoms with Crippen LogP contribution in [0.15, 0.2) is 11.1 Å². The molecule has 0 spiro atoms. The molecule has 3 aliphatic carbocycles. The second kappa shape index (κ2) is 3.36. The SMILES string of the molecule is CC1(C)CC2=C(C=O)[C@]3(C=O)[C@H](O)[C@]3(C)[C@H](O)[C@H]2C1. The van der Waals surface area contributed by atoms with Crippen molar-refractivity contribution in [3.05, 3.63) is 11.1 Å². The standard InChI is InChI=1S/C15H20O4/c1-13(2)4-8-9(5-13)11(18)14(3)12(19)15(14,7-17)10(8)6-16/h6-7,9,11-12,18-19H,4-5H2,1-3H3/t9-,11+,12+,14-,15+/m0/s1. The number of carbonyl (C=O) groups is 2. The summed E-state index contributed by atoms with van der Waals surface area (Å²) in [5.74, 6) is -0.106. The molecule has 0 bridgehead atoms. The van der Waals surface area contributed by atoms with Crippen molar-refractivity contribution in [3.8, 4) is 0 Å². The minimum atomic E-state index is -1.18. The lowest BCUT2D eigenvalue weighted by Gasteiger charge is -2.34. The molecule has 0 aromatic heterocycles. The summed E-state index contributed by atoms with van der Waals surface area (Å²) in [6.07, 6.45) is 1.18. The van der Waals surface area contributed by atoms with Gasteiger partial charge in [0, 0.05) is 16.9 Å². The highest BCUT2D eigenvalue weighted by Crippen LogP contribution is 2.74. The summed E-state index contributed by atoms with van der Waals surface area (Å²) in [5, 5.41) is 20.8. The molecular formula is C15H20O4. The van der Waals surface area contributed by atoms with Crippen LogP contribution in [0.4, 0.5) is 0 Å². The van der Waals surface area contributed by atoms with E-state index in [2.05, 4.69) is 13.8 Å². The van der Waals surface area contributed by atoms with Gasteiger partial charge in [-0.15, -0.1) is 0 Å². The van der Waals surface area contributed by atoms with Crippen molar-refractivity contribution < 1.29 is 19.8 Å². The van der Waals surface area contributed by atoms with Gasteiger partial charge in [-0.05, 0) is 18.3 Å². The van der Waals surface area contributed by atoms with Crippen LogP contribution in [-0.2, 0) is 9.59 Å². The number of fused-ring (bicyclic) bond motifs is 2. The van der Waals surface area contributed by atoms with Gasteiger partial charge in [0.05, 0.1) is 17.6 Å². The molecule has 0 radical (unpaired) electrons. The predicted molar refractivity (Wildman–Crippen MR) is 68.2 cm³/mol. The topological polar surface area (TPSA) is 74.6 Å². The monoisotopic (exact) mass is 264 g/mol. The van der Waals surface area contributed by atoms with Crippen LogP contribution < -0.4 is 0 Å². The number of carbonyl (C=O) groups excluding carboxylic acids is 2. The molecule has 4 nitrogen and oxygen atoms in total. The first kappa shape index (κ1) is 13.0. The van der Waals surface area contributed by atoms with Crippen molar-refractivity contribution in [1.29, 1.82) is 0 Å². The second-order valence-corrected chi connectivity index (χ2v) is 7.33. The summed E-state index contributed by atoms with van der Waals surface area (Å²) in [7, 11) is 0. The first-order valence-corrected chi connectivity index (χ1v) is 6.77. The molecule has 0 saturated heterocycles. The van der Waals surface area contributed by atoms with Crippen molar-refractivity contribution in [2.45, 2.75) is 45.8 Å². The lowest BCUT2D eigenvalue weighted by atomic mass is 9.71. The molecule has 0 heterocycles. The zero-order chi connectivity index (χ0) is 14.2. The first-order chi connectivity index (χ1) is 8.76. The number of aliphatic hydroxyl groups is 2. The highest BCUT2D eigenvalue weighted by atomic mass is 16.3. The summed E-state index contributed by atoms with van der Waals surface area (Å²) in [5.41, 5.74) is -0.746. The number of aliphatic hydroxyl groups excluding tert-OH is 2. The van der Waals surface area contributed by atoms with Gasteiger partial charge in [-0.3, -0.25) is 4.79 Å². The average Bonchev–Trinajstić information content (AvgIpc) is 2.67. The Morgan fingerprint density at radius 3 is 2.37 bits per heavy atom. The Hall–Kier alpha value is -1.00. The zero-order valence-corrected chi connectivity index (χ0v) is 11.5. The van der Waals surface area contributed by atoms with Gasteiger partial charge in [-0.1, -0.05) is 26.3 Å². The van der Waals surface area contributed by atoms with Gasteiger partial charge in [0.1, 0.15) is 12.6 Å². The van der Waals surface area contributed by atoms with Crippen LogP contribution >= 0.6 is 0 Å². The Kier molecular flexibility index (Phi) is 2.30. The third-order valence-corrected chi connectivity index (χ3v) is 5.79. The van der Waals surface area contributed by atoms with E-state index in [1.165, 1.54) is 0 Å². The van der Waals surface area contributed by atoms with Gasteiger partial charge in [-0.25, -0.2) is 0 Å². The Labute approximate surface area is 112 Å². The average molecular weight is 264 g/mol. The van der Waals surface area contributed by atoms with E-state index in [0.717, 1.165) is 18.3 Å². The Balaban J connectivity index is 2.22. The van der Waals surface area contributed by atoms with Crippen molar-refractivity contribution in [2.24, 2.45) is 22.2 Å². The van der Waals surface area contributed by atoms with Gasteiger partial charge in [0.15, 0.2) is 0 Å². The van der Waals surface area contributed by atoms with Crippen molar-refractivity contribution >= 4 is 12.6 Å². The largest absolute Gasteiger partial charge is 0.392 e. The molecule has 0 unspecified atom stereocenters. The Morgan fingerprint density at radius 2 is 1.84 bits per heavy atom. The van der Waals surface area contributed by atoms with E-state index in [1.54, 1.807) is 6.92 Å². The fourth-order valence-electron chi connectivity index (χ4n) is 4.64. The van der Waals surface area contributed by atoms with Crippen molar-refractivity contribution in [3.63, 3.8) is 0 Å². The zero-order valence-electron chi connectivity index (χ0n) is 11.5. The molecule has 2 N–H and O–H groups in total. The van der Waals surface area contributed by atoms with Crippen LogP contribution in [0.25, 0.3) is 0 Å². The van der Waals surface area contributed by atoms with Crippen LogP contribution in [0.1, 0.15) is 33.6 Å². The minimum Gasteiger partial charge on any atom is -0.392 e. The molecule has 0 amide bonds. The molecule has 3 rings (SSSR count). The van der Waals surface area contributed by atoms with E-state index in [1.807, 2.05) is 0 Å². The molecule has 5 atom stereocenters. The number of hydrogen-bond donors (Lipinski definition) is 2. The summed E-state index contributed by atoms with van der Waals surface area (Å²) < 4.78 is 0. The van der Waals surface area contributed by atoms with E-state index >= 15 is 0 Å². The maximum absolute atomic E-state index is 11.5. The van der Waals surface area contributed by atoms with E-state index in [9.17, 15) is 19.8 Å². The maximum Gasteiger partial charge on any atom is 0.147 e. The van der Waals surface area contributed by atoms with Crippen molar-refractivity contribution in [1.82, 2.24) is 0 Å². The van der Waals surface area contributed by atoms with Crippen LogP contribution in [0.2, 0.25) is 0 Å². The number of rotatable bonds is 2. The quantitative estimate of drug-likeness (QED) is 0.725. The van der Waals surface area contributed by atoms with Gasteiger partial charge in [0.2, 0.25) is 0 Å². The normalized spacial score (nSPS) is 50.5. The number of hydrogen-bond acceptors (Lipinski definition) is 4. The van der Waals surface area contributed by atoms with Crippen LogP contribution in [0, 0.1) is 22.2 Å². The fraction of sp³-hybridized carbons (Fsp3) is 0.733. The van der Waals surface area contributed by atoms with Gasteiger partial charge in [-0.2, -0.15) is 0 Å². The Bertz CT molecular complexity index is 506. The molecular weight excluding hydrogens is 244 g/mol. The van der Waals surface area contributed by atoms with Crippen LogP contribution in [0.5, 0.6) is 0 Å².